The van der Waals surface area contributed by atoms with E-state index in [4.69, 9.17) is 9.72 Å². The van der Waals surface area contributed by atoms with Crippen molar-refractivity contribution in [3.05, 3.63) is 192 Å². The summed E-state index contributed by atoms with van der Waals surface area (Å²) in [7, 11) is 0. The Morgan fingerprint density at radius 1 is 0.441 bits per heavy atom. The molecule has 1 aliphatic heterocycles. The molecule has 0 bridgehead atoms. The lowest BCUT2D eigenvalue weighted by Crippen LogP contribution is -2.31. The minimum absolute atomic E-state index is 0.00228. The SMILES string of the molecule is CC(C)(C)C1=CN(c2cc(-c3ccccc3)cc(C(C)(C)C)c2)CN1c1cc(Oc2ccc3c4cc(C(C)(C)C)ccc4n(-c4cc(C(C)(C)C)ccn4)c3c2)cc(C(C)(C)c2ccccc2)c1. The van der Waals surface area contributed by atoms with Crippen molar-refractivity contribution in [1.82, 2.24) is 9.55 Å². The van der Waals surface area contributed by atoms with Gasteiger partial charge in [0.2, 0.25) is 0 Å². The van der Waals surface area contributed by atoms with E-state index < -0.39 is 0 Å². The number of nitrogens with zero attached hydrogens (tertiary/aromatic N) is 4. The molecule has 0 spiro atoms. The van der Waals surface area contributed by atoms with Gasteiger partial charge in [0.15, 0.2) is 0 Å². The zero-order chi connectivity index (χ0) is 48.6. The summed E-state index contributed by atoms with van der Waals surface area (Å²) in [5, 5.41) is 2.38. The second-order valence-corrected chi connectivity index (χ2v) is 23.6. The molecule has 0 aliphatic carbocycles. The van der Waals surface area contributed by atoms with Crippen LogP contribution < -0.4 is 14.5 Å². The number of rotatable bonds is 8. The smallest absolute Gasteiger partial charge is 0.137 e. The number of benzene rings is 6. The number of anilines is 2. The van der Waals surface area contributed by atoms with Crippen molar-refractivity contribution in [2.24, 2.45) is 5.41 Å². The van der Waals surface area contributed by atoms with E-state index in [0.29, 0.717) is 6.67 Å². The Morgan fingerprint density at radius 2 is 1.09 bits per heavy atom. The maximum absolute atomic E-state index is 7.16. The van der Waals surface area contributed by atoms with Gasteiger partial charge in [0.25, 0.3) is 0 Å². The van der Waals surface area contributed by atoms with Crippen molar-refractivity contribution in [3.63, 3.8) is 0 Å². The maximum atomic E-state index is 7.16. The van der Waals surface area contributed by atoms with Crippen molar-refractivity contribution in [2.75, 3.05) is 16.5 Å². The molecule has 9 rings (SSSR count). The molecule has 0 radical (unpaired) electrons. The summed E-state index contributed by atoms with van der Waals surface area (Å²) in [6, 6.07) is 53.4. The number of ether oxygens (including phenoxy) is 1. The van der Waals surface area contributed by atoms with E-state index in [1.54, 1.807) is 0 Å². The molecule has 0 fully saturated rings. The minimum Gasteiger partial charge on any atom is -0.457 e. The standard InChI is InChI=1S/C63H70N4O/c1-59(2,3)45-25-28-55-54(36-45)53-27-26-51(39-56(53)67(55)58-37-46(29-30-64-58)60(4,5)6)68-52-35-48(63(13,14)44-23-19-16-20-24-44)34-50(38-52)66-41-65(40-57(66)62(10,11)12)49-32-43(42-21-17-15-18-22-42)31-47(33-49)61(7,8)9/h15-40H,41H2,1-14H3. The van der Waals surface area contributed by atoms with E-state index in [2.05, 4.69) is 263 Å². The monoisotopic (exact) mass is 899 g/mol. The van der Waals surface area contributed by atoms with Gasteiger partial charge in [-0.2, -0.15) is 0 Å². The summed E-state index contributed by atoms with van der Waals surface area (Å²) in [6.45, 7) is 32.8. The van der Waals surface area contributed by atoms with Crippen LogP contribution in [-0.2, 0) is 21.7 Å². The molecule has 0 saturated carbocycles. The predicted molar refractivity (Wildman–Crippen MR) is 289 cm³/mol. The van der Waals surface area contributed by atoms with Crippen molar-refractivity contribution in [3.8, 4) is 28.4 Å². The van der Waals surface area contributed by atoms with Crippen molar-refractivity contribution < 1.29 is 4.74 Å². The zero-order valence-corrected chi connectivity index (χ0v) is 42.9. The highest BCUT2D eigenvalue weighted by Crippen LogP contribution is 2.45. The van der Waals surface area contributed by atoms with Gasteiger partial charge in [0.05, 0.1) is 17.7 Å². The molecule has 5 heteroatoms. The molecule has 1 aliphatic rings. The van der Waals surface area contributed by atoms with Crippen LogP contribution in [-0.4, -0.2) is 16.2 Å². The fourth-order valence-electron chi connectivity index (χ4n) is 9.57. The van der Waals surface area contributed by atoms with Gasteiger partial charge >= 0.3 is 0 Å². The first kappa shape index (κ1) is 46.5. The largest absolute Gasteiger partial charge is 0.457 e. The van der Waals surface area contributed by atoms with Gasteiger partial charge in [0.1, 0.15) is 17.3 Å². The Hall–Kier alpha value is -6.59. The molecule has 0 N–H and O–H groups in total. The molecule has 0 saturated heterocycles. The fraction of sp³-hybridized carbons (Fsp3) is 0.317. The van der Waals surface area contributed by atoms with E-state index in [0.717, 1.165) is 34.0 Å². The van der Waals surface area contributed by atoms with Gasteiger partial charge in [0, 0.05) is 63.2 Å². The van der Waals surface area contributed by atoms with Gasteiger partial charge < -0.3 is 14.5 Å². The van der Waals surface area contributed by atoms with Crippen LogP contribution in [0, 0.1) is 5.41 Å². The van der Waals surface area contributed by atoms with E-state index in [1.807, 2.05) is 6.20 Å². The van der Waals surface area contributed by atoms with Gasteiger partial charge in [-0.25, -0.2) is 4.98 Å². The fourth-order valence-corrected chi connectivity index (χ4v) is 9.57. The zero-order valence-electron chi connectivity index (χ0n) is 42.9. The van der Waals surface area contributed by atoms with Crippen LogP contribution in [0.3, 0.4) is 0 Å². The van der Waals surface area contributed by atoms with Crippen molar-refractivity contribution in [1.29, 1.82) is 0 Å². The molecule has 3 heterocycles. The third kappa shape index (κ3) is 9.08. The molecule has 5 nitrogen and oxygen atoms in total. The number of aromatic nitrogens is 2. The topological polar surface area (TPSA) is 33.5 Å². The van der Waals surface area contributed by atoms with Crippen LogP contribution in [0.1, 0.15) is 125 Å². The Kier molecular flexibility index (Phi) is 11.5. The average Bonchev–Trinajstić information content (AvgIpc) is 3.89. The second kappa shape index (κ2) is 16.9. The van der Waals surface area contributed by atoms with Gasteiger partial charge in [-0.3, -0.25) is 4.57 Å². The number of hydrogen-bond acceptors (Lipinski definition) is 4. The third-order valence-electron chi connectivity index (χ3n) is 14.0. The quantitative estimate of drug-likeness (QED) is 0.152. The molecule has 0 amide bonds. The van der Waals surface area contributed by atoms with Crippen LogP contribution in [0.4, 0.5) is 11.4 Å². The summed E-state index contributed by atoms with van der Waals surface area (Å²) >= 11 is 0. The summed E-state index contributed by atoms with van der Waals surface area (Å²) in [4.78, 5) is 9.92. The molecule has 68 heavy (non-hydrogen) atoms. The summed E-state index contributed by atoms with van der Waals surface area (Å²) in [5.74, 6) is 2.46. The first-order valence-electron chi connectivity index (χ1n) is 24.4. The second-order valence-electron chi connectivity index (χ2n) is 23.6. The molecule has 8 aromatic rings. The molecular formula is C63H70N4O. The average molecular weight is 899 g/mol. The summed E-state index contributed by atoms with van der Waals surface area (Å²) in [6.07, 6.45) is 4.31. The molecule has 6 aromatic carbocycles. The Bertz CT molecular complexity index is 3180. The highest BCUT2D eigenvalue weighted by molar-refractivity contribution is 6.09. The molecule has 2 aromatic heterocycles. The maximum Gasteiger partial charge on any atom is 0.137 e. The van der Waals surface area contributed by atoms with E-state index >= 15 is 0 Å². The minimum atomic E-state index is -0.323. The summed E-state index contributed by atoms with van der Waals surface area (Å²) < 4.78 is 9.47. The van der Waals surface area contributed by atoms with E-state index in [9.17, 15) is 0 Å². The van der Waals surface area contributed by atoms with Crippen molar-refractivity contribution in [2.45, 2.75) is 119 Å². The molecule has 0 unspecified atom stereocenters. The normalized spacial score (nSPS) is 14.0. The highest BCUT2D eigenvalue weighted by Gasteiger charge is 2.34. The molecule has 0 atom stereocenters. The lowest BCUT2D eigenvalue weighted by molar-refractivity contribution is 0.478. The Labute approximate surface area is 406 Å². The van der Waals surface area contributed by atoms with Gasteiger partial charge in [-0.05, 0) is 116 Å². The molecular weight excluding hydrogens is 829 g/mol. The van der Waals surface area contributed by atoms with Crippen molar-refractivity contribution >= 4 is 33.2 Å². The number of hydrogen-bond donors (Lipinski definition) is 0. The third-order valence-corrected chi connectivity index (χ3v) is 14.0. The van der Waals surface area contributed by atoms with Crippen LogP contribution in [0.2, 0.25) is 0 Å². The highest BCUT2D eigenvalue weighted by atomic mass is 16.5. The van der Waals surface area contributed by atoms with Crippen LogP contribution >= 0.6 is 0 Å². The van der Waals surface area contributed by atoms with E-state index in [1.165, 1.54) is 61.1 Å². The lowest BCUT2D eigenvalue weighted by Gasteiger charge is -2.33. The Morgan fingerprint density at radius 3 is 1.75 bits per heavy atom. The number of allylic oxidation sites excluding steroid dienone is 1. The number of fused-ring (bicyclic) bond motifs is 3. The van der Waals surface area contributed by atoms with Gasteiger partial charge in [-0.15, -0.1) is 0 Å². The lowest BCUT2D eigenvalue weighted by atomic mass is 9.78. The predicted octanol–water partition coefficient (Wildman–Crippen LogP) is 17.0. The number of pyridine rings is 1. The van der Waals surface area contributed by atoms with E-state index in [-0.39, 0.29) is 27.1 Å². The first-order valence-corrected chi connectivity index (χ1v) is 24.4. The van der Waals surface area contributed by atoms with Gasteiger partial charge in [-0.1, -0.05) is 170 Å². The Balaban J connectivity index is 1.19. The van der Waals surface area contributed by atoms with Crippen LogP contribution in [0.15, 0.2) is 164 Å². The first-order chi connectivity index (χ1) is 31.9. The van der Waals surface area contributed by atoms with Crippen LogP contribution in [0.25, 0.3) is 38.8 Å². The molecule has 348 valence electrons. The summed E-state index contributed by atoms with van der Waals surface area (Å²) in [5.41, 5.74) is 13.9. The van der Waals surface area contributed by atoms with Crippen LogP contribution in [0.5, 0.6) is 11.5 Å².